The van der Waals surface area contributed by atoms with Gasteiger partial charge in [0.1, 0.15) is 0 Å². The molecule has 0 spiro atoms. The molecule has 1 atom stereocenters. The third-order valence-electron chi connectivity index (χ3n) is 2.61. The molecule has 3 heteroatoms. The van der Waals surface area contributed by atoms with E-state index in [4.69, 9.17) is 4.74 Å². The first-order chi connectivity index (χ1) is 7.83. The topological polar surface area (TPSA) is 29.5 Å². The largest absolute Gasteiger partial charge is 0.388 e. The predicted octanol–water partition coefficient (Wildman–Crippen LogP) is 3.36. The van der Waals surface area contributed by atoms with Crippen LogP contribution in [0, 0.1) is 0 Å². The summed E-state index contributed by atoms with van der Waals surface area (Å²) in [5.41, 5.74) is 1.02. The van der Waals surface area contributed by atoms with Crippen LogP contribution in [0.3, 0.4) is 0 Å². The summed E-state index contributed by atoms with van der Waals surface area (Å²) in [5, 5.41) is 13.4. The van der Waals surface area contributed by atoms with Gasteiger partial charge in [0.15, 0.2) is 0 Å². The van der Waals surface area contributed by atoms with Crippen LogP contribution in [0.4, 0.5) is 0 Å². The second-order valence-electron chi connectivity index (χ2n) is 3.69. The summed E-state index contributed by atoms with van der Waals surface area (Å²) in [5.74, 6) is 0. The number of rotatable bonds is 5. The predicted molar refractivity (Wildman–Crippen MR) is 67.9 cm³/mol. The van der Waals surface area contributed by atoms with Gasteiger partial charge in [0.05, 0.1) is 6.10 Å². The van der Waals surface area contributed by atoms with Crippen molar-refractivity contribution in [3.8, 4) is 0 Å². The van der Waals surface area contributed by atoms with E-state index in [2.05, 4.69) is 17.5 Å². The van der Waals surface area contributed by atoms with Crippen molar-refractivity contribution in [1.82, 2.24) is 0 Å². The summed E-state index contributed by atoms with van der Waals surface area (Å²) >= 11 is 1.68. The third-order valence-corrected chi connectivity index (χ3v) is 3.59. The third kappa shape index (κ3) is 2.43. The maximum Gasteiger partial charge on any atom is 0.0825 e. The summed E-state index contributed by atoms with van der Waals surface area (Å²) < 4.78 is 6.45. The van der Waals surface area contributed by atoms with Gasteiger partial charge in [-0.05, 0) is 29.3 Å². The van der Waals surface area contributed by atoms with E-state index < -0.39 is 6.10 Å². The smallest absolute Gasteiger partial charge is 0.0825 e. The molecule has 0 saturated heterocycles. The summed E-state index contributed by atoms with van der Waals surface area (Å²) in [6.45, 7) is 3.28. The Labute approximate surface area is 99.5 Å². The fourth-order valence-corrected chi connectivity index (χ4v) is 2.74. The minimum Gasteiger partial charge on any atom is -0.388 e. The molecule has 1 unspecified atom stereocenters. The van der Waals surface area contributed by atoms with Gasteiger partial charge in [-0.1, -0.05) is 18.2 Å². The number of aliphatic hydroxyl groups is 1. The van der Waals surface area contributed by atoms with Crippen LogP contribution in [0.1, 0.15) is 25.0 Å². The van der Waals surface area contributed by atoms with E-state index in [-0.39, 0.29) is 0 Å². The van der Waals surface area contributed by atoms with Crippen LogP contribution in [-0.4, -0.2) is 18.3 Å². The molecule has 2 rings (SSSR count). The van der Waals surface area contributed by atoms with E-state index in [1.54, 1.807) is 11.3 Å². The molecule has 0 radical (unpaired) electrons. The molecule has 1 heterocycles. The zero-order valence-electron chi connectivity index (χ0n) is 9.35. The number of thiophene rings is 1. The highest BCUT2D eigenvalue weighted by Crippen LogP contribution is 2.30. The second-order valence-corrected chi connectivity index (χ2v) is 4.60. The first-order valence-corrected chi connectivity index (χ1v) is 6.43. The number of aliphatic hydroxyl groups excluding tert-OH is 1. The molecular weight excluding hydrogens is 220 g/mol. The fourth-order valence-electron chi connectivity index (χ4n) is 1.77. The molecule has 1 aromatic carbocycles. The van der Waals surface area contributed by atoms with Gasteiger partial charge in [-0.3, -0.25) is 0 Å². The molecule has 16 heavy (non-hydrogen) atoms. The summed E-state index contributed by atoms with van der Waals surface area (Å²) in [6.07, 6.45) is 0.235. The van der Waals surface area contributed by atoms with Crippen molar-refractivity contribution >= 4 is 21.4 Å². The molecular formula is C13H16O2S. The van der Waals surface area contributed by atoms with Gasteiger partial charge in [-0.25, -0.2) is 0 Å². The first-order valence-electron chi connectivity index (χ1n) is 5.55. The van der Waals surface area contributed by atoms with E-state index in [9.17, 15) is 5.11 Å². The molecule has 0 saturated carbocycles. The Bertz CT molecular complexity index is 450. The quantitative estimate of drug-likeness (QED) is 0.807. The molecule has 0 aliphatic carbocycles. The standard InChI is InChI=1S/C13H16O2S/c1-2-15-8-6-12(14)11-5-3-4-10-7-9-16-13(10)11/h3-5,7,9,12,14H,2,6,8H2,1H3. The van der Waals surface area contributed by atoms with Gasteiger partial charge in [-0.2, -0.15) is 0 Å². The van der Waals surface area contributed by atoms with E-state index >= 15 is 0 Å². The molecule has 0 fully saturated rings. The highest BCUT2D eigenvalue weighted by atomic mass is 32.1. The highest BCUT2D eigenvalue weighted by molar-refractivity contribution is 7.17. The van der Waals surface area contributed by atoms with Gasteiger partial charge in [0.25, 0.3) is 0 Å². The van der Waals surface area contributed by atoms with Crippen molar-refractivity contribution in [2.75, 3.05) is 13.2 Å². The zero-order chi connectivity index (χ0) is 11.4. The monoisotopic (exact) mass is 236 g/mol. The minimum atomic E-state index is -0.422. The van der Waals surface area contributed by atoms with E-state index in [0.29, 0.717) is 19.6 Å². The molecule has 0 bridgehead atoms. The van der Waals surface area contributed by atoms with Crippen molar-refractivity contribution in [2.24, 2.45) is 0 Å². The second kappa shape index (κ2) is 5.43. The number of ether oxygens (including phenoxy) is 1. The van der Waals surface area contributed by atoms with Crippen molar-refractivity contribution in [2.45, 2.75) is 19.4 Å². The van der Waals surface area contributed by atoms with Crippen LogP contribution in [0.5, 0.6) is 0 Å². The lowest BCUT2D eigenvalue weighted by molar-refractivity contribution is 0.0893. The molecule has 1 N–H and O–H groups in total. The highest BCUT2D eigenvalue weighted by Gasteiger charge is 2.11. The van der Waals surface area contributed by atoms with Gasteiger partial charge in [0.2, 0.25) is 0 Å². The number of benzene rings is 1. The molecule has 2 aromatic rings. The van der Waals surface area contributed by atoms with Crippen LogP contribution in [0.15, 0.2) is 29.6 Å². The van der Waals surface area contributed by atoms with Crippen LogP contribution < -0.4 is 0 Å². The molecule has 1 aromatic heterocycles. The van der Waals surface area contributed by atoms with Crippen LogP contribution in [0.2, 0.25) is 0 Å². The van der Waals surface area contributed by atoms with Crippen molar-refractivity contribution in [3.05, 3.63) is 35.2 Å². The Balaban J connectivity index is 2.15. The Morgan fingerprint density at radius 2 is 2.25 bits per heavy atom. The summed E-state index contributed by atoms with van der Waals surface area (Å²) in [7, 11) is 0. The van der Waals surface area contributed by atoms with Gasteiger partial charge < -0.3 is 9.84 Å². The fraction of sp³-hybridized carbons (Fsp3) is 0.385. The molecule has 86 valence electrons. The summed E-state index contributed by atoms with van der Waals surface area (Å²) in [6, 6.07) is 8.15. The molecule has 2 nitrogen and oxygen atoms in total. The molecule has 0 aliphatic rings. The van der Waals surface area contributed by atoms with Crippen LogP contribution in [-0.2, 0) is 4.74 Å². The average molecular weight is 236 g/mol. The normalized spacial score (nSPS) is 13.1. The average Bonchev–Trinajstić information content (AvgIpc) is 2.76. The van der Waals surface area contributed by atoms with Crippen LogP contribution in [0.25, 0.3) is 10.1 Å². The Morgan fingerprint density at radius 1 is 1.38 bits per heavy atom. The number of hydrogen-bond donors (Lipinski definition) is 1. The van der Waals surface area contributed by atoms with Gasteiger partial charge in [-0.15, -0.1) is 11.3 Å². The first kappa shape index (κ1) is 11.6. The van der Waals surface area contributed by atoms with Gasteiger partial charge in [0, 0.05) is 24.3 Å². The zero-order valence-corrected chi connectivity index (χ0v) is 10.2. The van der Waals surface area contributed by atoms with Crippen molar-refractivity contribution in [3.63, 3.8) is 0 Å². The lowest BCUT2D eigenvalue weighted by atomic mass is 10.1. The van der Waals surface area contributed by atoms with E-state index in [1.165, 1.54) is 10.1 Å². The summed E-state index contributed by atoms with van der Waals surface area (Å²) in [4.78, 5) is 0. The number of fused-ring (bicyclic) bond motifs is 1. The van der Waals surface area contributed by atoms with E-state index in [1.807, 2.05) is 19.1 Å². The lowest BCUT2D eigenvalue weighted by Crippen LogP contribution is -2.03. The lowest BCUT2D eigenvalue weighted by Gasteiger charge is -2.11. The van der Waals surface area contributed by atoms with Crippen molar-refractivity contribution < 1.29 is 9.84 Å². The van der Waals surface area contributed by atoms with Crippen LogP contribution >= 0.6 is 11.3 Å². The molecule has 0 aliphatic heterocycles. The maximum atomic E-state index is 10.1. The minimum absolute atomic E-state index is 0.422. The number of hydrogen-bond acceptors (Lipinski definition) is 3. The Hall–Kier alpha value is -0.900. The maximum absolute atomic E-state index is 10.1. The Kier molecular flexibility index (Phi) is 3.93. The Morgan fingerprint density at radius 3 is 3.06 bits per heavy atom. The molecule has 0 amide bonds. The van der Waals surface area contributed by atoms with Crippen molar-refractivity contribution in [1.29, 1.82) is 0 Å². The van der Waals surface area contributed by atoms with E-state index in [0.717, 1.165) is 5.56 Å². The van der Waals surface area contributed by atoms with Gasteiger partial charge >= 0.3 is 0 Å². The SMILES string of the molecule is CCOCCC(O)c1cccc2ccsc12.